The maximum Gasteiger partial charge on any atom is 0.230 e. The quantitative estimate of drug-likeness (QED) is 0.890. The lowest BCUT2D eigenvalue weighted by molar-refractivity contribution is -0.140. The molecule has 1 aromatic carbocycles. The summed E-state index contributed by atoms with van der Waals surface area (Å²) in [6.07, 6.45) is 7.43. The van der Waals surface area contributed by atoms with Crippen LogP contribution in [0.3, 0.4) is 0 Å². The molecule has 0 heterocycles. The van der Waals surface area contributed by atoms with E-state index in [-0.39, 0.29) is 17.4 Å². The van der Waals surface area contributed by atoms with Gasteiger partial charge >= 0.3 is 0 Å². The third-order valence-electron chi connectivity index (χ3n) is 6.19. The van der Waals surface area contributed by atoms with E-state index >= 15 is 0 Å². The second kappa shape index (κ2) is 5.09. The van der Waals surface area contributed by atoms with E-state index in [4.69, 9.17) is 5.73 Å². The SMILES string of the molecule is CC(N)c1cccc(NC(=O)C23CC4CC(CC(C4)C2)C3)c1. The molecule has 22 heavy (non-hydrogen) atoms. The molecular formula is C19H26N2O. The summed E-state index contributed by atoms with van der Waals surface area (Å²) < 4.78 is 0. The van der Waals surface area contributed by atoms with E-state index in [2.05, 4.69) is 5.32 Å². The first-order valence-corrected chi connectivity index (χ1v) is 8.71. The van der Waals surface area contributed by atoms with Crippen LogP contribution < -0.4 is 11.1 Å². The van der Waals surface area contributed by atoms with Crippen molar-refractivity contribution in [3.8, 4) is 0 Å². The Bertz CT molecular complexity index is 558. The molecule has 4 fully saturated rings. The van der Waals surface area contributed by atoms with Crippen LogP contribution in [0.15, 0.2) is 24.3 Å². The van der Waals surface area contributed by atoms with Crippen LogP contribution in [0.25, 0.3) is 0 Å². The molecule has 0 saturated heterocycles. The molecule has 4 aliphatic rings. The van der Waals surface area contributed by atoms with Gasteiger partial charge in [0.1, 0.15) is 0 Å². The van der Waals surface area contributed by atoms with E-state index in [9.17, 15) is 4.79 Å². The van der Waals surface area contributed by atoms with Gasteiger partial charge in [0.05, 0.1) is 5.41 Å². The number of rotatable bonds is 3. The molecule has 0 spiro atoms. The maximum atomic E-state index is 13.0. The average molecular weight is 298 g/mol. The fourth-order valence-electron chi connectivity index (χ4n) is 5.55. The van der Waals surface area contributed by atoms with Crippen LogP contribution in [0.2, 0.25) is 0 Å². The van der Waals surface area contributed by atoms with Crippen molar-refractivity contribution in [2.75, 3.05) is 5.32 Å². The number of carbonyl (C=O) groups is 1. The molecule has 118 valence electrons. The van der Waals surface area contributed by atoms with Crippen molar-refractivity contribution in [3.05, 3.63) is 29.8 Å². The number of anilines is 1. The van der Waals surface area contributed by atoms with Crippen LogP contribution in [-0.4, -0.2) is 5.91 Å². The second-order valence-electron chi connectivity index (χ2n) is 8.07. The number of benzene rings is 1. The highest BCUT2D eigenvalue weighted by molar-refractivity contribution is 5.95. The number of nitrogens with two attached hydrogens (primary N) is 1. The summed E-state index contributed by atoms with van der Waals surface area (Å²) in [5, 5.41) is 3.20. The summed E-state index contributed by atoms with van der Waals surface area (Å²) in [4.78, 5) is 13.0. The van der Waals surface area contributed by atoms with Gasteiger partial charge in [-0.2, -0.15) is 0 Å². The second-order valence-corrected chi connectivity index (χ2v) is 8.07. The van der Waals surface area contributed by atoms with Gasteiger partial charge in [-0.15, -0.1) is 0 Å². The number of hydrogen-bond acceptors (Lipinski definition) is 2. The van der Waals surface area contributed by atoms with E-state index in [1.54, 1.807) is 0 Å². The van der Waals surface area contributed by atoms with Crippen molar-refractivity contribution in [1.82, 2.24) is 0 Å². The van der Waals surface area contributed by atoms with Crippen molar-refractivity contribution >= 4 is 11.6 Å². The van der Waals surface area contributed by atoms with Crippen LogP contribution in [0.4, 0.5) is 5.69 Å². The topological polar surface area (TPSA) is 55.1 Å². The Balaban J connectivity index is 1.54. The Morgan fingerprint density at radius 2 is 1.77 bits per heavy atom. The number of carbonyl (C=O) groups excluding carboxylic acids is 1. The van der Waals surface area contributed by atoms with E-state index in [0.29, 0.717) is 0 Å². The molecule has 3 heteroatoms. The van der Waals surface area contributed by atoms with Gasteiger partial charge in [0, 0.05) is 11.7 Å². The minimum atomic E-state index is -0.0842. The summed E-state index contributed by atoms with van der Waals surface area (Å²) >= 11 is 0. The molecule has 4 bridgehead atoms. The van der Waals surface area contributed by atoms with E-state index in [1.165, 1.54) is 19.3 Å². The zero-order valence-electron chi connectivity index (χ0n) is 13.3. The van der Waals surface area contributed by atoms with Crippen molar-refractivity contribution in [2.45, 2.75) is 51.5 Å². The monoisotopic (exact) mass is 298 g/mol. The third-order valence-corrected chi connectivity index (χ3v) is 6.19. The van der Waals surface area contributed by atoms with Gasteiger partial charge in [-0.05, 0) is 80.9 Å². The van der Waals surface area contributed by atoms with Gasteiger partial charge < -0.3 is 11.1 Å². The summed E-state index contributed by atoms with van der Waals surface area (Å²) in [6.45, 7) is 1.97. The summed E-state index contributed by atoms with van der Waals surface area (Å²) in [5.74, 6) is 2.65. The summed E-state index contributed by atoms with van der Waals surface area (Å²) in [5.41, 5.74) is 7.83. The van der Waals surface area contributed by atoms with Crippen LogP contribution >= 0.6 is 0 Å². The zero-order chi connectivity index (χ0) is 15.3. The van der Waals surface area contributed by atoms with E-state index < -0.39 is 0 Å². The van der Waals surface area contributed by atoms with Gasteiger partial charge in [0.25, 0.3) is 0 Å². The average Bonchev–Trinajstić information content (AvgIpc) is 2.46. The molecule has 4 saturated carbocycles. The fraction of sp³-hybridized carbons (Fsp3) is 0.632. The lowest BCUT2D eigenvalue weighted by Crippen LogP contribution is -2.51. The first kappa shape index (κ1) is 14.3. The van der Waals surface area contributed by atoms with Gasteiger partial charge in [0.2, 0.25) is 5.91 Å². The molecule has 3 nitrogen and oxygen atoms in total. The van der Waals surface area contributed by atoms with Gasteiger partial charge in [0.15, 0.2) is 0 Å². The Labute approximate surface area is 132 Å². The summed E-state index contributed by atoms with van der Waals surface area (Å²) in [6, 6.07) is 7.99. The van der Waals surface area contributed by atoms with Crippen LogP contribution in [0.5, 0.6) is 0 Å². The number of nitrogens with one attached hydrogen (secondary N) is 1. The third kappa shape index (κ3) is 2.36. The van der Waals surface area contributed by atoms with Crippen molar-refractivity contribution in [2.24, 2.45) is 28.9 Å². The molecule has 5 rings (SSSR count). The highest BCUT2D eigenvalue weighted by atomic mass is 16.2. The molecule has 0 radical (unpaired) electrons. The van der Waals surface area contributed by atoms with Gasteiger partial charge in [-0.3, -0.25) is 4.79 Å². The minimum Gasteiger partial charge on any atom is -0.326 e. The predicted molar refractivity (Wildman–Crippen MR) is 88.3 cm³/mol. The molecule has 1 aromatic rings. The highest BCUT2D eigenvalue weighted by Gasteiger charge is 2.54. The first-order chi connectivity index (χ1) is 10.5. The Morgan fingerprint density at radius 1 is 1.18 bits per heavy atom. The molecule has 4 aliphatic carbocycles. The summed E-state index contributed by atoms with van der Waals surface area (Å²) in [7, 11) is 0. The maximum absolute atomic E-state index is 13.0. The lowest BCUT2D eigenvalue weighted by atomic mass is 9.49. The molecule has 0 aliphatic heterocycles. The Morgan fingerprint density at radius 3 is 2.32 bits per heavy atom. The van der Waals surface area contributed by atoms with Crippen LogP contribution in [0, 0.1) is 23.2 Å². The standard InChI is InChI=1S/C19H26N2O/c1-12(20)16-3-2-4-17(8-16)21-18(22)19-9-13-5-14(10-19)7-15(6-13)11-19/h2-4,8,12-15H,5-7,9-11,20H2,1H3,(H,21,22). The number of hydrogen-bond donors (Lipinski definition) is 2. The first-order valence-electron chi connectivity index (χ1n) is 8.71. The molecular weight excluding hydrogens is 272 g/mol. The molecule has 1 atom stereocenters. The molecule has 0 aromatic heterocycles. The molecule has 1 amide bonds. The predicted octanol–water partition coefficient (Wildman–Crippen LogP) is 3.86. The van der Waals surface area contributed by atoms with Crippen LogP contribution in [0.1, 0.15) is 57.1 Å². The largest absolute Gasteiger partial charge is 0.326 e. The lowest BCUT2D eigenvalue weighted by Gasteiger charge is -2.55. The van der Waals surface area contributed by atoms with Crippen molar-refractivity contribution in [3.63, 3.8) is 0 Å². The van der Waals surface area contributed by atoms with Crippen molar-refractivity contribution < 1.29 is 4.79 Å². The minimum absolute atomic E-state index is 0.00333. The van der Waals surface area contributed by atoms with E-state index in [0.717, 1.165) is 48.3 Å². The van der Waals surface area contributed by atoms with Crippen molar-refractivity contribution in [1.29, 1.82) is 0 Å². The number of amides is 1. The normalized spacial score (nSPS) is 37.1. The Kier molecular flexibility index (Phi) is 3.30. The molecule has 3 N–H and O–H groups in total. The fourth-order valence-corrected chi connectivity index (χ4v) is 5.55. The van der Waals surface area contributed by atoms with E-state index in [1.807, 2.05) is 31.2 Å². The zero-order valence-corrected chi connectivity index (χ0v) is 13.3. The Hall–Kier alpha value is -1.35. The van der Waals surface area contributed by atoms with Crippen LogP contribution in [-0.2, 0) is 4.79 Å². The van der Waals surface area contributed by atoms with Gasteiger partial charge in [-0.1, -0.05) is 12.1 Å². The highest BCUT2D eigenvalue weighted by Crippen LogP contribution is 2.60. The molecule has 1 unspecified atom stereocenters. The van der Waals surface area contributed by atoms with Gasteiger partial charge in [-0.25, -0.2) is 0 Å². The smallest absolute Gasteiger partial charge is 0.230 e.